The molecule has 2 fully saturated rings. The summed E-state index contributed by atoms with van der Waals surface area (Å²) in [4.78, 5) is 15.0. The minimum atomic E-state index is -3.22. The molecule has 0 bridgehead atoms. The molecule has 9 heteroatoms. The molecule has 3 rings (SSSR count). The molecule has 2 aliphatic heterocycles. The third-order valence-corrected chi connectivity index (χ3v) is 9.09. The normalized spacial score (nSPS) is 22.6. The molecule has 6 nitrogen and oxygen atoms in total. The standard InChI is InChI=1S/C21H31Cl2N3O3S/c1-2-13-30(28,29)19-5-3-4-12-26(19)21(8-10-24-11-9-21)15-25-20(27)17-7-6-16(22)14-18(17)23/h6-7,14,19,24H,2-5,8-13,15H2,1H3,(H,25,27)/t19-/m1/s1. The number of amides is 1. The lowest BCUT2D eigenvalue weighted by molar-refractivity contribution is 0.0232. The molecule has 1 amide bonds. The van der Waals surface area contributed by atoms with Crippen molar-refractivity contribution in [3.05, 3.63) is 33.8 Å². The number of piperidine rings is 2. The number of carbonyl (C=O) groups excluding carboxylic acids is 1. The maximum absolute atomic E-state index is 13.0. The number of carbonyl (C=O) groups is 1. The Morgan fingerprint density at radius 2 is 2.00 bits per heavy atom. The molecule has 0 aliphatic carbocycles. The zero-order chi connectivity index (χ0) is 21.8. The van der Waals surface area contributed by atoms with Crippen LogP contribution in [0.1, 0.15) is 55.8 Å². The average molecular weight is 476 g/mol. The number of hydrogen-bond donors (Lipinski definition) is 2. The second-order valence-electron chi connectivity index (χ2n) is 8.29. The van der Waals surface area contributed by atoms with Crippen molar-refractivity contribution >= 4 is 38.9 Å². The van der Waals surface area contributed by atoms with E-state index in [1.54, 1.807) is 18.2 Å². The van der Waals surface area contributed by atoms with Crippen molar-refractivity contribution in [2.45, 2.75) is 56.4 Å². The van der Waals surface area contributed by atoms with E-state index in [1.807, 2.05) is 6.92 Å². The monoisotopic (exact) mass is 475 g/mol. The Kier molecular flexibility index (Phi) is 8.07. The van der Waals surface area contributed by atoms with Gasteiger partial charge >= 0.3 is 0 Å². The molecule has 0 unspecified atom stereocenters. The Morgan fingerprint density at radius 3 is 2.67 bits per heavy atom. The lowest BCUT2D eigenvalue weighted by Gasteiger charge is -2.51. The van der Waals surface area contributed by atoms with Crippen molar-refractivity contribution in [3.8, 4) is 0 Å². The van der Waals surface area contributed by atoms with E-state index >= 15 is 0 Å². The van der Waals surface area contributed by atoms with Gasteiger partial charge in [-0.1, -0.05) is 30.1 Å². The lowest BCUT2D eigenvalue weighted by atomic mass is 9.84. The first-order valence-corrected chi connectivity index (χ1v) is 13.2. The maximum Gasteiger partial charge on any atom is 0.252 e. The smallest absolute Gasteiger partial charge is 0.252 e. The molecule has 1 atom stereocenters. The first-order chi connectivity index (χ1) is 14.3. The minimum absolute atomic E-state index is 0.204. The molecule has 2 heterocycles. The van der Waals surface area contributed by atoms with Crippen molar-refractivity contribution < 1.29 is 13.2 Å². The first-order valence-electron chi connectivity index (χ1n) is 10.7. The molecule has 2 N–H and O–H groups in total. The van der Waals surface area contributed by atoms with Crippen LogP contribution < -0.4 is 10.6 Å². The highest BCUT2D eigenvalue weighted by atomic mass is 35.5. The number of hydrogen-bond acceptors (Lipinski definition) is 5. The van der Waals surface area contributed by atoms with Gasteiger partial charge in [0.2, 0.25) is 0 Å². The second-order valence-corrected chi connectivity index (χ2v) is 11.4. The Labute approximate surface area is 189 Å². The summed E-state index contributed by atoms with van der Waals surface area (Å²) in [6.07, 6.45) is 4.76. The predicted octanol–water partition coefficient (Wildman–Crippen LogP) is 3.48. The first kappa shape index (κ1) is 23.8. The number of nitrogens with one attached hydrogen (secondary N) is 2. The zero-order valence-electron chi connectivity index (χ0n) is 17.4. The minimum Gasteiger partial charge on any atom is -0.350 e. The van der Waals surface area contributed by atoms with Crippen LogP contribution in [0.2, 0.25) is 10.0 Å². The maximum atomic E-state index is 13.0. The molecule has 168 valence electrons. The van der Waals surface area contributed by atoms with Crippen LogP contribution in [0.3, 0.4) is 0 Å². The summed E-state index contributed by atoms with van der Waals surface area (Å²) in [7, 11) is -3.22. The van der Waals surface area contributed by atoms with Gasteiger partial charge in [-0.2, -0.15) is 0 Å². The quantitative estimate of drug-likeness (QED) is 0.630. The highest BCUT2D eigenvalue weighted by Gasteiger charge is 2.46. The average Bonchev–Trinajstić information content (AvgIpc) is 2.73. The van der Waals surface area contributed by atoms with Crippen LogP contribution in [0.5, 0.6) is 0 Å². The lowest BCUT2D eigenvalue weighted by Crippen LogP contribution is -2.65. The summed E-state index contributed by atoms with van der Waals surface area (Å²) in [5.74, 6) is -0.0607. The van der Waals surface area contributed by atoms with Gasteiger partial charge in [0.05, 0.1) is 16.3 Å². The Morgan fingerprint density at radius 1 is 1.27 bits per heavy atom. The number of benzene rings is 1. The number of halogens is 2. The molecule has 0 spiro atoms. The van der Waals surface area contributed by atoms with Crippen LogP contribution in [0.25, 0.3) is 0 Å². The van der Waals surface area contributed by atoms with Gasteiger partial charge in [-0.25, -0.2) is 8.42 Å². The van der Waals surface area contributed by atoms with E-state index in [4.69, 9.17) is 23.2 Å². The molecule has 0 radical (unpaired) electrons. The van der Waals surface area contributed by atoms with Crippen molar-refractivity contribution in [3.63, 3.8) is 0 Å². The highest BCUT2D eigenvalue weighted by Crippen LogP contribution is 2.35. The number of nitrogens with zero attached hydrogens (tertiary/aromatic N) is 1. The molecule has 30 heavy (non-hydrogen) atoms. The molecule has 0 saturated carbocycles. The molecular formula is C21H31Cl2N3O3S. The van der Waals surface area contributed by atoms with Crippen molar-refractivity contribution in [2.24, 2.45) is 0 Å². The Balaban J connectivity index is 1.83. The summed E-state index contributed by atoms with van der Waals surface area (Å²) in [5, 5.41) is 6.72. The van der Waals surface area contributed by atoms with Gasteiger partial charge in [0.15, 0.2) is 9.84 Å². The van der Waals surface area contributed by atoms with Gasteiger partial charge in [-0.05, 0) is 69.8 Å². The molecule has 1 aromatic carbocycles. The van der Waals surface area contributed by atoms with Gasteiger partial charge in [-0.15, -0.1) is 0 Å². The fraction of sp³-hybridized carbons (Fsp3) is 0.667. The van der Waals surface area contributed by atoms with Gasteiger partial charge in [0, 0.05) is 23.7 Å². The predicted molar refractivity (Wildman–Crippen MR) is 122 cm³/mol. The van der Waals surface area contributed by atoms with Gasteiger partial charge in [-0.3, -0.25) is 9.69 Å². The molecule has 0 aromatic heterocycles. The Hall–Kier alpha value is -0.860. The fourth-order valence-electron chi connectivity index (χ4n) is 4.71. The number of rotatable bonds is 7. The van der Waals surface area contributed by atoms with Crippen LogP contribution in [0.4, 0.5) is 0 Å². The molecule has 2 aliphatic rings. The van der Waals surface area contributed by atoms with Crippen LogP contribution in [0.15, 0.2) is 18.2 Å². The Bertz CT molecular complexity index is 857. The summed E-state index contributed by atoms with van der Waals surface area (Å²) in [6, 6.07) is 4.81. The van der Waals surface area contributed by atoms with E-state index in [0.29, 0.717) is 35.0 Å². The fourth-order valence-corrected chi connectivity index (χ4v) is 7.29. The van der Waals surface area contributed by atoms with Crippen molar-refractivity contribution in [2.75, 3.05) is 31.9 Å². The molecule has 2 saturated heterocycles. The van der Waals surface area contributed by atoms with E-state index in [1.165, 1.54) is 0 Å². The van der Waals surface area contributed by atoms with E-state index in [-0.39, 0.29) is 17.2 Å². The van der Waals surface area contributed by atoms with E-state index < -0.39 is 15.2 Å². The summed E-state index contributed by atoms with van der Waals surface area (Å²) < 4.78 is 26.1. The molecule has 1 aromatic rings. The third-order valence-electron chi connectivity index (χ3n) is 6.25. The van der Waals surface area contributed by atoms with Gasteiger partial charge in [0.25, 0.3) is 5.91 Å². The topological polar surface area (TPSA) is 78.5 Å². The van der Waals surface area contributed by atoms with Gasteiger partial charge in [0.1, 0.15) is 5.37 Å². The summed E-state index contributed by atoms with van der Waals surface area (Å²) in [5.41, 5.74) is -0.00920. The van der Waals surface area contributed by atoms with Crippen molar-refractivity contribution in [1.29, 1.82) is 0 Å². The third kappa shape index (κ3) is 5.30. The van der Waals surface area contributed by atoms with E-state index in [9.17, 15) is 13.2 Å². The summed E-state index contributed by atoms with van der Waals surface area (Å²) in [6.45, 7) is 4.64. The SMILES string of the molecule is CCCS(=O)(=O)[C@@H]1CCCCN1C1(CNC(=O)c2ccc(Cl)cc2Cl)CCNCC1. The van der Waals surface area contributed by atoms with E-state index in [2.05, 4.69) is 15.5 Å². The second kappa shape index (κ2) is 10.2. The van der Waals surface area contributed by atoms with Crippen LogP contribution in [-0.2, 0) is 9.84 Å². The van der Waals surface area contributed by atoms with E-state index in [0.717, 1.165) is 45.3 Å². The zero-order valence-corrected chi connectivity index (χ0v) is 19.8. The van der Waals surface area contributed by atoms with Gasteiger partial charge < -0.3 is 10.6 Å². The van der Waals surface area contributed by atoms with Crippen LogP contribution in [-0.4, -0.2) is 62.1 Å². The number of sulfone groups is 1. The largest absolute Gasteiger partial charge is 0.350 e. The van der Waals surface area contributed by atoms with Crippen LogP contribution >= 0.6 is 23.2 Å². The van der Waals surface area contributed by atoms with Crippen molar-refractivity contribution in [1.82, 2.24) is 15.5 Å². The number of likely N-dealkylation sites (tertiary alicyclic amines) is 1. The van der Waals surface area contributed by atoms with Crippen LogP contribution in [0, 0.1) is 0 Å². The summed E-state index contributed by atoms with van der Waals surface area (Å²) >= 11 is 12.1. The molecular weight excluding hydrogens is 445 g/mol. The highest BCUT2D eigenvalue weighted by molar-refractivity contribution is 7.91.